The van der Waals surface area contributed by atoms with E-state index in [9.17, 15) is 9.90 Å². The number of hydrogen-bond acceptors (Lipinski definition) is 3. The molecule has 0 aromatic carbocycles. The molecule has 1 atom stereocenters. The summed E-state index contributed by atoms with van der Waals surface area (Å²) >= 11 is 0. The number of carboxylic acid groups (broad SMARTS) is 1. The molecule has 1 aromatic rings. The summed E-state index contributed by atoms with van der Waals surface area (Å²) in [4.78, 5) is 15.7. The molecule has 1 unspecified atom stereocenters. The molecule has 0 saturated heterocycles. The van der Waals surface area contributed by atoms with Gasteiger partial charge in [-0.25, -0.2) is 9.78 Å². The van der Waals surface area contributed by atoms with Gasteiger partial charge in [-0.3, -0.25) is 0 Å². The summed E-state index contributed by atoms with van der Waals surface area (Å²) in [5.41, 5.74) is 7.14. The van der Waals surface area contributed by atoms with E-state index in [-0.39, 0.29) is 11.7 Å². The van der Waals surface area contributed by atoms with E-state index in [4.69, 9.17) is 5.73 Å². The van der Waals surface area contributed by atoms with Gasteiger partial charge in [-0.05, 0) is 25.7 Å². The molecule has 18 heavy (non-hydrogen) atoms. The molecule has 0 radical (unpaired) electrons. The van der Waals surface area contributed by atoms with Crippen molar-refractivity contribution in [3.05, 3.63) is 17.2 Å². The molecule has 0 spiro atoms. The zero-order valence-electron chi connectivity index (χ0n) is 10.4. The van der Waals surface area contributed by atoms with Crippen molar-refractivity contribution in [1.29, 1.82) is 0 Å². The number of imidazole rings is 1. The van der Waals surface area contributed by atoms with Crippen molar-refractivity contribution < 1.29 is 9.90 Å². The van der Waals surface area contributed by atoms with Crippen LogP contribution in [0.5, 0.6) is 0 Å². The van der Waals surface area contributed by atoms with Gasteiger partial charge < -0.3 is 15.4 Å². The molecule has 5 heteroatoms. The molecule has 0 bridgehead atoms. The van der Waals surface area contributed by atoms with E-state index in [0.717, 1.165) is 43.7 Å². The molecule has 3 rings (SSSR count). The topological polar surface area (TPSA) is 81.1 Å². The quantitative estimate of drug-likeness (QED) is 0.832. The first-order valence-electron chi connectivity index (χ1n) is 6.75. The lowest BCUT2D eigenvalue weighted by Crippen LogP contribution is -2.33. The first-order chi connectivity index (χ1) is 8.66. The van der Waals surface area contributed by atoms with Crippen LogP contribution in [0.3, 0.4) is 0 Å². The van der Waals surface area contributed by atoms with E-state index in [0.29, 0.717) is 5.92 Å². The van der Waals surface area contributed by atoms with Crippen LogP contribution in [-0.2, 0) is 13.0 Å². The SMILES string of the molecule is NC1CCc2c(C(=O)O)nc(C3CCCC3)n2C1. The van der Waals surface area contributed by atoms with Gasteiger partial charge in [0.1, 0.15) is 5.82 Å². The van der Waals surface area contributed by atoms with Crippen molar-refractivity contribution in [2.75, 3.05) is 0 Å². The average Bonchev–Trinajstić information content (AvgIpc) is 2.93. The standard InChI is InChI=1S/C13H19N3O2/c14-9-5-6-10-11(13(17)18)15-12(16(10)7-9)8-3-1-2-4-8/h8-9H,1-7,14H2,(H,17,18). The summed E-state index contributed by atoms with van der Waals surface area (Å²) in [7, 11) is 0. The van der Waals surface area contributed by atoms with Crippen LogP contribution >= 0.6 is 0 Å². The lowest BCUT2D eigenvalue weighted by atomic mass is 10.0. The number of fused-ring (bicyclic) bond motifs is 1. The Hall–Kier alpha value is -1.36. The second-order valence-corrected chi connectivity index (χ2v) is 5.46. The van der Waals surface area contributed by atoms with Gasteiger partial charge in [0.2, 0.25) is 0 Å². The van der Waals surface area contributed by atoms with Crippen LogP contribution in [0.2, 0.25) is 0 Å². The fourth-order valence-corrected chi connectivity index (χ4v) is 3.28. The minimum absolute atomic E-state index is 0.133. The zero-order valence-corrected chi connectivity index (χ0v) is 10.4. The predicted molar refractivity (Wildman–Crippen MR) is 66.7 cm³/mol. The molecule has 3 N–H and O–H groups in total. The number of aromatic nitrogens is 2. The van der Waals surface area contributed by atoms with E-state index in [2.05, 4.69) is 9.55 Å². The van der Waals surface area contributed by atoms with Crippen molar-refractivity contribution >= 4 is 5.97 Å². The Labute approximate surface area is 106 Å². The zero-order chi connectivity index (χ0) is 12.7. The second-order valence-electron chi connectivity index (χ2n) is 5.46. The molecule has 1 fully saturated rings. The summed E-state index contributed by atoms with van der Waals surface area (Å²) in [6.07, 6.45) is 6.30. The minimum Gasteiger partial charge on any atom is -0.476 e. The maximum Gasteiger partial charge on any atom is 0.356 e. The first kappa shape index (κ1) is 11.7. The maximum absolute atomic E-state index is 11.3. The van der Waals surface area contributed by atoms with Gasteiger partial charge in [-0.1, -0.05) is 12.8 Å². The second kappa shape index (κ2) is 4.39. The Bertz CT molecular complexity index is 475. The number of carboxylic acids is 1. The van der Waals surface area contributed by atoms with Crippen LogP contribution in [0.25, 0.3) is 0 Å². The Balaban J connectivity index is 2.05. The van der Waals surface area contributed by atoms with Crippen LogP contribution in [0.15, 0.2) is 0 Å². The Kier molecular flexibility index (Phi) is 2.86. The van der Waals surface area contributed by atoms with E-state index < -0.39 is 5.97 Å². The molecule has 1 aliphatic carbocycles. The molecule has 1 saturated carbocycles. The van der Waals surface area contributed by atoms with Crippen LogP contribution < -0.4 is 5.73 Å². The summed E-state index contributed by atoms with van der Waals surface area (Å²) in [6.45, 7) is 0.724. The number of carbonyl (C=O) groups is 1. The summed E-state index contributed by atoms with van der Waals surface area (Å²) in [5, 5.41) is 9.26. The van der Waals surface area contributed by atoms with Crippen LogP contribution in [0.4, 0.5) is 0 Å². The largest absolute Gasteiger partial charge is 0.476 e. The van der Waals surface area contributed by atoms with Crippen molar-refractivity contribution in [2.45, 2.75) is 57.0 Å². The molecule has 1 aromatic heterocycles. The smallest absolute Gasteiger partial charge is 0.356 e. The van der Waals surface area contributed by atoms with Gasteiger partial charge in [0.15, 0.2) is 5.69 Å². The van der Waals surface area contributed by atoms with Gasteiger partial charge in [-0.2, -0.15) is 0 Å². The summed E-state index contributed by atoms with van der Waals surface area (Å²) < 4.78 is 2.09. The van der Waals surface area contributed by atoms with Crippen LogP contribution in [-0.4, -0.2) is 26.7 Å². The third kappa shape index (κ3) is 1.82. The van der Waals surface area contributed by atoms with Crippen molar-refractivity contribution in [2.24, 2.45) is 5.73 Å². The average molecular weight is 249 g/mol. The first-order valence-corrected chi connectivity index (χ1v) is 6.75. The molecule has 2 aliphatic rings. The predicted octanol–water partition coefficient (Wildman–Crippen LogP) is 1.51. The van der Waals surface area contributed by atoms with Gasteiger partial charge in [0.25, 0.3) is 0 Å². The summed E-state index contributed by atoms with van der Waals surface area (Å²) in [5.74, 6) is 0.496. The maximum atomic E-state index is 11.3. The van der Waals surface area contributed by atoms with E-state index in [1.165, 1.54) is 12.8 Å². The van der Waals surface area contributed by atoms with E-state index in [1.807, 2.05) is 0 Å². The van der Waals surface area contributed by atoms with E-state index in [1.54, 1.807) is 0 Å². The Morgan fingerprint density at radius 1 is 1.33 bits per heavy atom. The fourth-order valence-electron chi connectivity index (χ4n) is 3.28. The van der Waals surface area contributed by atoms with Gasteiger partial charge >= 0.3 is 5.97 Å². The number of aromatic carboxylic acids is 1. The van der Waals surface area contributed by atoms with E-state index >= 15 is 0 Å². The third-order valence-corrected chi connectivity index (χ3v) is 4.19. The molecule has 0 amide bonds. The van der Waals surface area contributed by atoms with Crippen molar-refractivity contribution in [3.63, 3.8) is 0 Å². The van der Waals surface area contributed by atoms with Crippen molar-refractivity contribution in [3.8, 4) is 0 Å². The molecule has 5 nitrogen and oxygen atoms in total. The highest BCUT2D eigenvalue weighted by Crippen LogP contribution is 2.35. The molecule has 1 aliphatic heterocycles. The summed E-state index contributed by atoms with van der Waals surface area (Å²) in [6, 6.07) is 0.133. The lowest BCUT2D eigenvalue weighted by Gasteiger charge is -2.24. The van der Waals surface area contributed by atoms with Gasteiger partial charge in [0.05, 0.1) is 5.69 Å². The Morgan fingerprint density at radius 3 is 2.72 bits per heavy atom. The highest BCUT2D eigenvalue weighted by Gasteiger charge is 2.31. The monoisotopic (exact) mass is 249 g/mol. The fraction of sp³-hybridized carbons (Fsp3) is 0.692. The number of nitrogens with two attached hydrogens (primary N) is 1. The normalized spacial score (nSPS) is 24.2. The number of nitrogens with zero attached hydrogens (tertiary/aromatic N) is 2. The highest BCUT2D eigenvalue weighted by atomic mass is 16.4. The minimum atomic E-state index is -0.904. The number of rotatable bonds is 2. The molecular weight excluding hydrogens is 230 g/mol. The molecular formula is C13H19N3O2. The van der Waals surface area contributed by atoms with Crippen LogP contribution in [0, 0.1) is 0 Å². The Morgan fingerprint density at radius 2 is 2.06 bits per heavy atom. The lowest BCUT2D eigenvalue weighted by molar-refractivity contribution is 0.0689. The van der Waals surface area contributed by atoms with Crippen LogP contribution in [0.1, 0.15) is 60.0 Å². The van der Waals surface area contributed by atoms with Crippen molar-refractivity contribution in [1.82, 2.24) is 9.55 Å². The highest BCUT2D eigenvalue weighted by molar-refractivity contribution is 5.87. The third-order valence-electron chi connectivity index (χ3n) is 4.19. The molecule has 98 valence electrons. The van der Waals surface area contributed by atoms with Gasteiger partial charge in [0, 0.05) is 18.5 Å². The molecule has 2 heterocycles. The number of hydrogen-bond donors (Lipinski definition) is 2. The van der Waals surface area contributed by atoms with Gasteiger partial charge in [-0.15, -0.1) is 0 Å².